The zero-order valence-electron chi connectivity index (χ0n) is 28.9. The van der Waals surface area contributed by atoms with Gasteiger partial charge in [0.2, 0.25) is 0 Å². The largest absolute Gasteiger partial charge is 0.455 e. The molecule has 0 amide bonds. The van der Waals surface area contributed by atoms with E-state index in [1.807, 2.05) is 12.1 Å². The fourth-order valence-corrected chi connectivity index (χ4v) is 8.93. The number of benzene rings is 8. The number of nitrogens with zero attached hydrogens (tertiary/aromatic N) is 3. The average molecular weight is 708 g/mol. The highest BCUT2D eigenvalue weighted by molar-refractivity contribution is 7.25. The van der Waals surface area contributed by atoms with Crippen LogP contribution in [0.1, 0.15) is 0 Å². The van der Waals surface area contributed by atoms with Crippen LogP contribution in [0.2, 0.25) is 0 Å². The Hall–Kier alpha value is -6.95. The topological polar surface area (TPSA) is 51.8 Å². The number of rotatable bonds is 5. The summed E-state index contributed by atoms with van der Waals surface area (Å²) < 4.78 is 9.25. The molecule has 3 heterocycles. The molecular formula is C49H29N3OS. The number of furan rings is 1. The Balaban J connectivity index is 1.18. The minimum absolute atomic E-state index is 0.616. The SMILES string of the molecule is c1ccc(-c2ccc(-c3nc(-c4cc5c6cccc(-c7ccccc7)c6oc5c5ccccc45)nc(-c4cccc5sc6ccccc6c45)n3)cc2)cc1. The monoisotopic (exact) mass is 707 g/mol. The van der Waals surface area contributed by atoms with Crippen LogP contribution in [0.15, 0.2) is 180 Å². The van der Waals surface area contributed by atoms with Crippen LogP contribution in [0.4, 0.5) is 0 Å². The summed E-state index contributed by atoms with van der Waals surface area (Å²) in [7, 11) is 0. The molecule has 0 aliphatic heterocycles. The molecule has 5 heteroatoms. The molecule has 0 atom stereocenters. The molecule has 0 spiro atoms. The van der Waals surface area contributed by atoms with Crippen LogP contribution < -0.4 is 0 Å². The van der Waals surface area contributed by atoms with Gasteiger partial charge in [0.15, 0.2) is 17.5 Å². The molecule has 0 radical (unpaired) electrons. The van der Waals surface area contributed by atoms with Gasteiger partial charge in [-0.2, -0.15) is 0 Å². The van der Waals surface area contributed by atoms with Crippen molar-refractivity contribution in [3.63, 3.8) is 0 Å². The molecule has 0 aliphatic carbocycles. The lowest BCUT2D eigenvalue weighted by molar-refractivity contribution is 0.674. The summed E-state index contributed by atoms with van der Waals surface area (Å²) in [4.78, 5) is 15.8. The predicted molar refractivity (Wildman–Crippen MR) is 225 cm³/mol. The van der Waals surface area contributed by atoms with Gasteiger partial charge in [-0.15, -0.1) is 11.3 Å². The predicted octanol–water partition coefficient (Wildman–Crippen LogP) is 13.6. The highest BCUT2D eigenvalue weighted by atomic mass is 32.1. The summed E-state index contributed by atoms with van der Waals surface area (Å²) in [6.45, 7) is 0. The average Bonchev–Trinajstić information content (AvgIpc) is 3.83. The molecule has 0 unspecified atom stereocenters. The van der Waals surface area contributed by atoms with Gasteiger partial charge in [-0.05, 0) is 40.3 Å². The Labute approximate surface area is 314 Å². The van der Waals surface area contributed by atoms with Crippen molar-refractivity contribution < 1.29 is 4.42 Å². The fraction of sp³-hybridized carbons (Fsp3) is 0. The highest BCUT2D eigenvalue weighted by Gasteiger charge is 2.21. The van der Waals surface area contributed by atoms with Crippen molar-refractivity contribution in [2.75, 3.05) is 0 Å². The lowest BCUT2D eigenvalue weighted by Crippen LogP contribution is -2.01. The van der Waals surface area contributed by atoms with Crippen LogP contribution in [0, 0.1) is 0 Å². The lowest BCUT2D eigenvalue weighted by atomic mass is 9.98. The summed E-state index contributed by atoms with van der Waals surface area (Å²) in [5, 5.41) is 6.48. The normalized spacial score (nSPS) is 11.7. The Kier molecular flexibility index (Phi) is 7.00. The molecule has 3 aromatic heterocycles. The molecule has 0 fully saturated rings. The van der Waals surface area contributed by atoms with Gasteiger partial charge in [0.1, 0.15) is 11.2 Å². The zero-order valence-corrected chi connectivity index (χ0v) is 29.7. The van der Waals surface area contributed by atoms with Crippen LogP contribution >= 0.6 is 11.3 Å². The smallest absolute Gasteiger partial charge is 0.164 e. The maximum atomic E-state index is 6.80. The van der Waals surface area contributed by atoms with Gasteiger partial charge in [-0.25, -0.2) is 15.0 Å². The molecular weight excluding hydrogens is 679 g/mol. The van der Waals surface area contributed by atoms with E-state index >= 15 is 0 Å². The van der Waals surface area contributed by atoms with Crippen LogP contribution in [0.25, 0.3) is 109 Å². The number of aromatic nitrogens is 3. The molecule has 4 nitrogen and oxygen atoms in total. The van der Waals surface area contributed by atoms with Gasteiger partial charge in [0.05, 0.1) is 0 Å². The van der Waals surface area contributed by atoms with Crippen molar-refractivity contribution in [1.29, 1.82) is 0 Å². The second-order valence-electron chi connectivity index (χ2n) is 13.5. The highest BCUT2D eigenvalue weighted by Crippen LogP contribution is 2.43. The van der Waals surface area contributed by atoms with Crippen LogP contribution in [0.3, 0.4) is 0 Å². The molecule has 11 rings (SSSR count). The van der Waals surface area contributed by atoms with Gasteiger partial charge in [-0.3, -0.25) is 0 Å². The Morgan fingerprint density at radius 3 is 1.67 bits per heavy atom. The van der Waals surface area contributed by atoms with Crippen molar-refractivity contribution in [2.45, 2.75) is 0 Å². The first kappa shape index (κ1) is 30.7. The standard InChI is InChI=1S/C49H29N3OS/c1-3-13-30(14-4-1)31-25-27-33(28-26-31)47-50-48(39-22-12-24-43-44(39)38-19-9-10-23-42(38)54-43)52-49(51-47)41-29-40-37-21-11-20-34(32-15-5-2-6-16-32)45(37)53-46(40)36-18-8-7-17-35(36)41/h1-29H. The minimum Gasteiger partial charge on any atom is -0.455 e. The Bertz CT molecular complexity index is 3200. The molecule has 54 heavy (non-hydrogen) atoms. The van der Waals surface area contributed by atoms with E-state index in [-0.39, 0.29) is 0 Å². The molecule has 8 aromatic carbocycles. The fourth-order valence-electron chi connectivity index (χ4n) is 7.80. The van der Waals surface area contributed by atoms with E-state index in [0.717, 1.165) is 71.5 Å². The Morgan fingerprint density at radius 1 is 0.333 bits per heavy atom. The van der Waals surface area contributed by atoms with Crippen molar-refractivity contribution in [3.05, 3.63) is 176 Å². The van der Waals surface area contributed by atoms with E-state index in [4.69, 9.17) is 19.4 Å². The van der Waals surface area contributed by atoms with Crippen molar-refractivity contribution in [3.8, 4) is 56.4 Å². The van der Waals surface area contributed by atoms with E-state index in [0.29, 0.717) is 17.5 Å². The third kappa shape index (κ3) is 4.94. The Morgan fingerprint density at radius 2 is 0.870 bits per heavy atom. The maximum Gasteiger partial charge on any atom is 0.164 e. The molecule has 252 valence electrons. The third-order valence-electron chi connectivity index (χ3n) is 10.4. The van der Waals surface area contributed by atoms with E-state index in [9.17, 15) is 0 Å². The first-order valence-electron chi connectivity index (χ1n) is 18.0. The summed E-state index contributed by atoms with van der Waals surface area (Å²) in [6, 6.07) is 61.4. The number of thiophene rings is 1. The number of hydrogen-bond acceptors (Lipinski definition) is 5. The maximum absolute atomic E-state index is 6.80. The van der Waals surface area contributed by atoms with Crippen LogP contribution in [-0.4, -0.2) is 15.0 Å². The summed E-state index contributed by atoms with van der Waals surface area (Å²) in [5.74, 6) is 1.88. The first-order chi connectivity index (χ1) is 26.8. The molecule has 0 saturated carbocycles. The van der Waals surface area contributed by atoms with E-state index in [2.05, 4.69) is 164 Å². The van der Waals surface area contributed by atoms with Gasteiger partial charge in [0, 0.05) is 58.6 Å². The van der Waals surface area contributed by atoms with Crippen molar-refractivity contribution in [1.82, 2.24) is 15.0 Å². The van der Waals surface area contributed by atoms with E-state index < -0.39 is 0 Å². The van der Waals surface area contributed by atoms with E-state index in [1.165, 1.54) is 20.3 Å². The second kappa shape index (κ2) is 12.3. The molecule has 11 aromatic rings. The van der Waals surface area contributed by atoms with Crippen molar-refractivity contribution in [2.24, 2.45) is 0 Å². The van der Waals surface area contributed by atoms with Crippen LogP contribution in [0.5, 0.6) is 0 Å². The summed E-state index contributed by atoms with van der Waals surface area (Å²) in [6.07, 6.45) is 0. The van der Waals surface area contributed by atoms with Crippen LogP contribution in [-0.2, 0) is 0 Å². The summed E-state index contributed by atoms with van der Waals surface area (Å²) in [5.41, 5.74) is 9.05. The van der Waals surface area contributed by atoms with Gasteiger partial charge >= 0.3 is 0 Å². The van der Waals surface area contributed by atoms with Gasteiger partial charge in [0.25, 0.3) is 0 Å². The lowest BCUT2D eigenvalue weighted by Gasteiger charge is -2.12. The first-order valence-corrected chi connectivity index (χ1v) is 18.8. The summed E-state index contributed by atoms with van der Waals surface area (Å²) >= 11 is 1.79. The number of para-hydroxylation sites is 1. The molecule has 0 saturated heterocycles. The minimum atomic E-state index is 0.616. The number of fused-ring (bicyclic) bond motifs is 8. The molecule has 0 N–H and O–H groups in total. The van der Waals surface area contributed by atoms with E-state index in [1.54, 1.807) is 11.3 Å². The molecule has 0 bridgehead atoms. The van der Waals surface area contributed by atoms with Crippen molar-refractivity contribution >= 4 is 64.2 Å². The van der Waals surface area contributed by atoms with Gasteiger partial charge in [-0.1, -0.05) is 158 Å². The number of hydrogen-bond donors (Lipinski definition) is 0. The molecule has 0 aliphatic rings. The third-order valence-corrected chi connectivity index (χ3v) is 11.5. The zero-order chi connectivity index (χ0) is 35.6. The quantitative estimate of drug-likeness (QED) is 0.179. The second-order valence-corrected chi connectivity index (χ2v) is 14.6. The van der Waals surface area contributed by atoms with Gasteiger partial charge < -0.3 is 4.42 Å².